The number of hydrogen-bond donors (Lipinski definition) is 2. The lowest BCUT2D eigenvalue weighted by atomic mass is 9.44. The second kappa shape index (κ2) is 23.4. The Morgan fingerprint density at radius 3 is 1.84 bits per heavy atom. The summed E-state index contributed by atoms with van der Waals surface area (Å²) in [6.45, 7) is 14.5. The van der Waals surface area contributed by atoms with E-state index >= 15 is 9.59 Å². The van der Waals surface area contributed by atoms with E-state index in [2.05, 4.69) is 5.32 Å². The Bertz CT molecular complexity index is 2920. The molecule has 1 heterocycles. The SMILES string of the molecule is CC[Si](CC)(CC)O[C@H]1C[C@H]2OC[C@@]2(OC(C)=O)[C@H]2[C@H](OC(=O)c3ccccc3)[C@]3(O)C[C@H](OC(=O)[C@H](OC(=O)c4ccccc4)[C@@H](NC(=O)OCc4ccccc4)c4ccccc4)C(C)=C([C@@H](OC(C)=O)C(=O)[C@]12C)C3(C)C. The number of amides is 1. The van der Waals surface area contributed by atoms with Crippen LogP contribution in [0.4, 0.5) is 4.79 Å². The average Bonchev–Trinajstić information content (AvgIpc) is 3.46. The van der Waals surface area contributed by atoms with E-state index in [1.165, 1.54) is 31.2 Å². The van der Waals surface area contributed by atoms with Gasteiger partial charge in [-0.2, -0.15) is 0 Å². The number of benzene rings is 4. The van der Waals surface area contributed by atoms with Gasteiger partial charge in [-0.05, 0) is 78.5 Å². The predicted octanol–water partition coefficient (Wildman–Crippen LogP) is 9.13. The fourth-order valence-corrected chi connectivity index (χ4v) is 15.5. The van der Waals surface area contributed by atoms with E-state index in [1.807, 2.05) is 26.8 Å². The first kappa shape index (κ1) is 58.2. The van der Waals surface area contributed by atoms with Crippen molar-refractivity contribution in [1.82, 2.24) is 5.32 Å². The van der Waals surface area contributed by atoms with Gasteiger partial charge in [-0.25, -0.2) is 19.2 Å². The monoisotopic (exact) mass is 1100 g/mol. The summed E-state index contributed by atoms with van der Waals surface area (Å²) >= 11 is 0. The maximum absolute atomic E-state index is 16.6. The molecular weight excluding hydrogens is 1030 g/mol. The van der Waals surface area contributed by atoms with Gasteiger partial charge in [-0.1, -0.05) is 132 Å². The van der Waals surface area contributed by atoms with E-state index in [0.29, 0.717) is 29.3 Å². The molecule has 11 atom stereocenters. The number of carbonyl (C=O) groups excluding carboxylic acids is 7. The van der Waals surface area contributed by atoms with Gasteiger partial charge in [0.15, 0.2) is 25.8 Å². The van der Waals surface area contributed by atoms with Crippen molar-refractivity contribution in [3.8, 4) is 0 Å². The molecule has 4 aromatic carbocycles. The first-order chi connectivity index (χ1) is 37.6. The molecule has 420 valence electrons. The number of fused-ring (bicyclic) bond motifs is 5. The van der Waals surface area contributed by atoms with Gasteiger partial charge in [0.2, 0.25) is 6.10 Å². The van der Waals surface area contributed by atoms with E-state index in [9.17, 15) is 29.1 Å². The molecule has 1 aliphatic heterocycles. The quantitative estimate of drug-likeness (QED) is 0.0410. The van der Waals surface area contributed by atoms with Crippen molar-refractivity contribution in [1.29, 1.82) is 0 Å². The summed E-state index contributed by atoms with van der Waals surface area (Å²) in [5.41, 5.74) is -6.42. The fourth-order valence-electron chi connectivity index (χ4n) is 12.6. The average molecular weight is 1100 g/mol. The van der Waals surface area contributed by atoms with Crippen LogP contribution >= 0.6 is 0 Å². The largest absolute Gasteiger partial charge is 0.455 e. The summed E-state index contributed by atoms with van der Waals surface area (Å²) in [7, 11) is -2.69. The molecule has 0 unspecified atom stereocenters. The Morgan fingerprint density at radius 2 is 1.30 bits per heavy atom. The van der Waals surface area contributed by atoms with Crippen molar-refractivity contribution in [2.24, 2.45) is 16.7 Å². The Labute approximate surface area is 461 Å². The van der Waals surface area contributed by atoms with Crippen LogP contribution in [0, 0.1) is 16.7 Å². The van der Waals surface area contributed by atoms with Gasteiger partial charge >= 0.3 is 35.9 Å². The highest BCUT2D eigenvalue weighted by Gasteiger charge is 2.79. The molecule has 79 heavy (non-hydrogen) atoms. The van der Waals surface area contributed by atoms with Crippen molar-refractivity contribution in [2.45, 2.75) is 154 Å². The van der Waals surface area contributed by atoms with E-state index < -0.39 is 127 Å². The number of aliphatic hydroxyl groups is 1. The lowest BCUT2D eigenvalue weighted by molar-refractivity contribution is -0.344. The van der Waals surface area contributed by atoms with Crippen molar-refractivity contribution in [3.63, 3.8) is 0 Å². The van der Waals surface area contributed by atoms with Gasteiger partial charge in [0.1, 0.15) is 36.6 Å². The molecule has 0 spiro atoms. The van der Waals surface area contributed by atoms with Crippen molar-refractivity contribution >= 4 is 50.0 Å². The summed E-state index contributed by atoms with van der Waals surface area (Å²) in [5.74, 6) is -6.85. The van der Waals surface area contributed by atoms with E-state index in [4.69, 9.17) is 37.6 Å². The van der Waals surface area contributed by atoms with Crippen LogP contribution < -0.4 is 5.32 Å². The van der Waals surface area contributed by atoms with E-state index in [1.54, 1.807) is 119 Å². The smallest absolute Gasteiger partial charge is 0.408 e. The summed E-state index contributed by atoms with van der Waals surface area (Å²) in [5, 5.41) is 17.1. The number of rotatable bonds is 18. The number of hydrogen-bond acceptors (Lipinski definition) is 16. The molecule has 17 nitrogen and oxygen atoms in total. The first-order valence-corrected chi connectivity index (χ1v) is 29.5. The van der Waals surface area contributed by atoms with Crippen molar-refractivity contribution in [3.05, 3.63) is 155 Å². The molecular formula is C61H71NO16Si. The molecule has 4 aromatic rings. The second-order valence-corrected chi connectivity index (χ2v) is 26.5. The normalized spacial score (nSPS) is 27.6. The van der Waals surface area contributed by atoms with Crippen LogP contribution in [0.25, 0.3) is 0 Å². The number of nitrogens with one attached hydrogen (secondary N) is 1. The number of carbonyl (C=O) groups is 7. The van der Waals surface area contributed by atoms with Gasteiger partial charge in [0.05, 0.1) is 35.2 Å². The second-order valence-electron chi connectivity index (χ2n) is 21.8. The third kappa shape index (κ3) is 11.0. The van der Waals surface area contributed by atoms with Crippen LogP contribution in [0.5, 0.6) is 0 Å². The zero-order valence-electron chi connectivity index (χ0n) is 46.2. The van der Waals surface area contributed by atoms with Crippen molar-refractivity contribution in [2.75, 3.05) is 6.61 Å². The van der Waals surface area contributed by atoms with Gasteiger partial charge < -0.3 is 48.0 Å². The fraction of sp³-hybridized carbons (Fsp3) is 0.459. The summed E-state index contributed by atoms with van der Waals surface area (Å²) in [6, 6.07) is 33.6. The zero-order valence-corrected chi connectivity index (χ0v) is 47.2. The third-order valence-electron chi connectivity index (χ3n) is 17.2. The van der Waals surface area contributed by atoms with Crippen molar-refractivity contribution < 1.29 is 76.3 Å². The lowest BCUT2D eigenvalue weighted by Gasteiger charge is -2.68. The highest BCUT2D eigenvalue weighted by atomic mass is 28.4. The Morgan fingerprint density at radius 1 is 0.747 bits per heavy atom. The molecule has 3 fully saturated rings. The van der Waals surface area contributed by atoms with Crippen LogP contribution in [-0.2, 0) is 63.4 Å². The number of ketones is 1. The Hall–Kier alpha value is -6.99. The molecule has 2 saturated carbocycles. The predicted molar refractivity (Wildman–Crippen MR) is 289 cm³/mol. The van der Waals surface area contributed by atoms with Gasteiger partial charge in [0.25, 0.3) is 0 Å². The molecule has 1 saturated heterocycles. The van der Waals surface area contributed by atoms with Crippen LogP contribution in [0.1, 0.15) is 113 Å². The maximum Gasteiger partial charge on any atom is 0.408 e. The van der Waals surface area contributed by atoms with Gasteiger partial charge in [0, 0.05) is 32.1 Å². The zero-order chi connectivity index (χ0) is 57.1. The topological polar surface area (TPSA) is 226 Å². The standard InChI is InChI=1S/C61H71NO16Si/c1-10-79(11-2,12-3)78-45-33-46-60(36-72-46,77-39(6)64)51-53(76-55(67)43-31-23-16-24-32-43)61(70)34-44(37(4)47(58(61,7)8)49(73-38(5)63)52(65)59(45,51)9)74-56(68)50(75-54(66)42-29-21-15-22-30-42)48(41-27-19-14-20-28-41)62-57(69)71-35-40-25-17-13-18-26-40/h13-32,44-46,48-51,53,70H,10-12,33-36H2,1-9H3,(H,62,69)/t44-,45-,46+,48-,49+,50+,51-,53-,59+,60-,61+/m0/s1. The van der Waals surface area contributed by atoms with E-state index in [0.717, 1.165) is 6.92 Å². The highest BCUT2D eigenvalue weighted by Crippen LogP contribution is 2.65. The first-order valence-electron chi connectivity index (χ1n) is 27.0. The van der Waals surface area contributed by atoms with Gasteiger partial charge in [-0.15, -0.1) is 0 Å². The van der Waals surface area contributed by atoms with Crippen LogP contribution in [0.3, 0.4) is 0 Å². The molecule has 0 aromatic heterocycles. The molecule has 3 aliphatic carbocycles. The highest BCUT2D eigenvalue weighted by molar-refractivity contribution is 6.73. The van der Waals surface area contributed by atoms with E-state index in [-0.39, 0.29) is 41.9 Å². The number of alkyl carbamates (subject to hydrolysis) is 1. The lowest BCUT2D eigenvalue weighted by Crippen LogP contribution is -2.82. The van der Waals surface area contributed by atoms with Crippen LogP contribution in [0.2, 0.25) is 18.1 Å². The molecule has 18 heteroatoms. The van der Waals surface area contributed by atoms with Crippen LogP contribution in [-0.4, -0.2) is 110 Å². The minimum Gasteiger partial charge on any atom is -0.455 e. The van der Waals surface area contributed by atoms with Gasteiger partial charge in [-0.3, -0.25) is 14.4 Å². The maximum atomic E-state index is 16.6. The molecule has 0 radical (unpaired) electrons. The molecule has 2 N–H and O–H groups in total. The summed E-state index contributed by atoms with van der Waals surface area (Å²) < 4.78 is 51.2. The number of Topliss-reactive ketones (excluding diaryl/α,β-unsaturated/α-hetero) is 1. The summed E-state index contributed by atoms with van der Waals surface area (Å²) in [4.78, 5) is 102. The molecule has 2 bridgehead atoms. The van der Waals surface area contributed by atoms with Crippen LogP contribution in [0.15, 0.2) is 132 Å². The minimum absolute atomic E-state index is 0.0389. The minimum atomic E-state index is -2.69. The third-order valence-corrected chi connectivity index (χ3v) is 21.8. The summed E-state index contributed by atoms with van der Waals surface area (Å²) in [6.07, 6.45) is -10.6. The molecule has 1 amide bonds. The number of esters is 5. The molecule has 8 rings (SSSR count). The number of ether oxygens (including phenoxy) is 7. The molecule has 4 aliphatic rings. The Balaban J connectivity index is 1.33. The Kier molecular flexibility index (Phi) is 17.2.